The maximum Gasteiger partial charge on any atom is 0.230 e. The average molecular weight is 248 g/mol. The number of hydrogen-bond acceptors (Lipinski definition) is 3. The number of anilines is 1. The highest BCUT2D eigenvalue weighted by Gasteiger charge is 2.30. The van der Waals surface area contributed by atoms with E-state index in [4.69, 9.17) is 4.74 Å². The third-order valence-corrected chi connectivity index (χ3v) is 3.32. The van der Waals surface area contributed by atoms with E-state index in [2.05, 4.69) is 10.6 Å². The van der Waals surface area contributed by atoms with Crippen LogP contribution in [-0.2, 0) is 16.1 Å². The number of carbonyl (C=O) groups is 1. The van der Waals surface area contributed by atoms with Crippen molar-refractivity contribution in [3.8, 4) is 0 Å². The van der Waals surface area contributed by atoms with Gasteiger partial charge in [-0.05, 0) is 38.1 Å². The first-order valence-electron chi connectivity index (χ1n) is 6.36. The Labute approximate surface area is 108 Å². The van der Waals surface area contributed by atoms with Gasteiger partial charge in [0.15, 0.2) is 0 Å². The summed E-state index contributed by atoms with van der Waals surface area (Å²) in [6.45, 7) is 3.47. The summed E-state index contributed by atoms with van der Waals surface area (Å²) in [6, 6.07) is 7.90. The summed E-state index contributed by atoms with van der Waals surface area (Å²) in [6.07, 6.45) is 0.832. The standard InChI is InChI=1S/C14H20N2O2/c1-10-13(7-8-18-10)14(17)16-12-5-3-11(4-6-12)9-15-2/h3-6,10,13,15H,7-9H2,1-2H3,(H,16,17). The largest absolute Gasteiger partial charge is 0.378 e. The highest BCUT2D eigenvalue weighted by atomic mass is 16.5. The van der Waals surface area contributed by atoms with Crippen molar-refractivity contribution in [3.05, 3.63) is 29.8 Å². The zero-order valence-electron chi connectivity index (χ0n) is 10.9. The van der Waals surface area contributed by atoms with Crippen LogP contribution in [0.2, 0.25) is 0 Å². The van der Waals surface area contributed by atoms with Gasteiger partial charge in [0.05, 0.1) is 12.0 Å². The first-order valence-corrected chi connectivity index (χ1v) is 6.36. The monoisotopic (exact) mass is 248 g/mol. The zero-order valence-corrected chi connectivity index (χ0v) is 10.9. The molecule has 0 saturated carbocycles. The quantitative estimate of drug-likeness (QED) is 0.853. The van der Waals surface area contributed by atoms with Crippen molar-refractivity contribution in [2.24, 2.45) is 5.92 Å². The molecule has 1 aliphatic rings. The van der Waals surface area contributed by atoms with E-state index >= 15 is 0 Å². The highest BCUT2D eigenvalue weighted by molar-refractivity contribution is 5.93. The number of nitrogens with one attached hydrogen (secondary N) is 2. The molecule has 2 rings (SSSR count). The van der Waals surface area contributed by atoms with Gasteiger partial charge in [0, 0.05) is 18.8 Å². The molecule has 4 heteroatoms. The van der Waals surface area contributed by atoms with Crippen LogP contribution in [0.1, 0.15) is 18.9 Å². The Morgan fingerprint density at radius 2 is 2.11 bits per heavy atom. The second kappa shape index (κ2) is 5.98. The molecule has 0 aliphatic carbocycles. The van der Waals surface area contributed by atoms with Crippen LogP contribution in [0.5, 0.6) is 0 Å². The van der Waals surface area contributed by atoms with Crippen LogP contribution >= 0.6 is 0 Å². The molecule has 2 unspecified atom stereocenters. The lowest BCUT2D eigenvalue weighted by Gasteiger charge is -2.14. The predicted molar refractivity (Wildman–Crippen MR) is 71.4 cm³/mol. The van der Waals surface area contributed by atoms with Gasteiger partial charge in [-0.1, -0.05) is 12.1 Å². The van der Waals surface area contributed by atoms with E-state index in [-0.39, 0.29) is 17.9 Å². The van der Waals surface area contributed by atoms with Crippen LogP contribution in [0, 0.1) is 5.92 Å². The smallest absolute Gasteiger partial charge is 0.230 e. The van der Waals surface area contributed by atoms with Gasteiger partial charge in [-0.2, -0.15) is 0 Å². The molecule has 4 nitrogen and oxygen atoms in total. The SMILES string of the molecule is CNCc1ccc(NC(=O)C2CCOC2C)cc1. The third kappa shape index (κ3) is 3.09. The summed E-state index contributed by atoms with van der Waals surface area (Å²) >= 11 is 0. The Kier molecular flexibility index (Phi) is 4.33. The second-order valence-corrected chi connectivity index (χ2v) is 4.69. The molecule has 1 aromatic carbocycles. The van der Waals surface area contributed by atoms with E-state index in [1.165, 1.54) is 5.56 Å². The van der Waals surface area contributed by atoms with Crippen molar-refractivity contribution in [1.82, 2.24) is 5.32 Å². The maximum atomic E-state index is 12.0. The van der Waals surface area contributed by atoms with E-state index in [9.17, 15) is 4.79 Å². The van der Waals surface area contributed by atoms with Crippen molar-refractivity contribution in [2.45, 2.75) is 26.0 Å². The molecule has 0 spiro atoms. The predicted octanol–water partition coefficient (Wildman–Crippen LogP) is 1.77. The minimum absolute atomic E-state index is 0.0218. The molecule has 1 fully saturated rings. The molecule has 1 saturated heterocycles. The first kappa shape index (κ1) is 13.1. The average Bonchev–Trinajstić information content (AvgIpc) is 2.78. The number of ether oxygens (including phenoxy) is 1. The molecule has 18 heavy (non-hydrogen) atoms. The van der Waals surface area contributed by atoms with Crippen LogP contribution in [0.25, 0.3) is 0 Å². The van der Waals surface area contributed by atoms with Gasteiger partial charge in [0.1, 0.15) is 0 Å². The molecule has 1 aliphatic heterocycles. The second-order valence-electron chi connectivity index (χ2n) is 4.69. The normalized spacial score (nSPS) is 23.0. The number of rotatable bonds is 4. The van der Waals surface area contributed by atoms with Gasteiger partial charge in [-0.15, -0.1) is 0 Å². The Hall–Kier alpha value is -1.39. The summed E-state index contributed by atoms with van der Waals surface area (Å²) in [4.78, 5) is 12.0. The molecule has 1 heterocycles. The Balaban J connectivity index is 1.94. The lowest BCUT2D eigenvalue weighted by molar-refractivity contribution is -0.121. The topological polar surface area (TPSA) is 50.4 Å². The van der Waals surface area contributed by atoms with E-state index in [0.717, 1.165) is 18.7 Å². The van der Waals surface area contributed by atoms with Crippen LogP contribution in [-0.4, -0.2) is 25.7 Å². The molecular weight excluding hydrogens is 228 g/mol. The minimum Gasteiger partial charge on any atom is -0.378 e. The molecule has 1 aromatic rings. The van der Waals surface area contributed by atoms with E-state index in [1.54, 1.807) is 0 Å². The summed E-state index contributed by atoms with van der Waals surface area (Å²) in [7, 11) is 1.91. The van der Waals surface area contributed by atoms with Crippen molar-refractivity contribution in [2.75, 3.05) is 19.0 Å². The van der Waals surface area contributed by atoms with Gasteiger partial charge in [-0.3, -0.25) is 4.79 Å². The summed E-state index contributed by atoms with van der Waals surface area (Å²) in [5.74, 6) is 0.0309. The number of carbonyl (C=O) groups excluding carboxylic acids is 1. The summed E-state index contributed by atoms with van der Waals surface area (Å²) in [5.41, 5.74) is 2.05. The Morgan fingerprint density at radius 3 is 2.67 bits per heavy atom. The molecule has 2 N–H and O–H groups in total. The van der Waals surface area contributed by atoms with E-state index in [1.807, 2.05) is 38.2 Å². The Morgan fingerprint density at radius 1 is 1.39 bits per heavy atom. The van der Waals surface area contributed by atoms with E-state index in [0.29, 0.717) is 6.61 Å². The molecule has 0 aromatic heterocycles. The fraction of sp³-hybridized carbons (Fsp3) is 0.500. The van der Waals surface area contributed by atoms with E-state index < -0.39 is 0 Å². The van der Waals surface area contributed by atoms with Crippen LogP contribution in [0.15, 0.2) is 24.3 Å². The summed E-state index contributed by atoms with van der Waals surface area (Å²) in [5, 5.41) is 6.04. The molecule has 98 valence electrons. The lowest BCUT2D eigenvalue weighted by Crippen LogP contribution is -2.27. The zero-order chi connectivity index (χ0) is 13.0. The fourth-order valence-corrected chi connectivity index (χ4v) is 2.22. The molecule has 2 atom stereocenters. The fourth-order valence-electron chi connectivity index (χ4n) is 2.22. The number of hydrogen-bond donors (Lipinski definition) is 2. The van der Waals surface area contributed by atoms with Crippen LogP contribution < -0.4 is 10.6 Å². The van der Waals surface area contributed by atoms with Crippen molar-refractivity contribution in [3.63, 3.8) is 0 Å². The highest BCUT2D eigenvalue weighted by Crippen LogP contribution is 2.22. The van der Waals surface area contributed by atoms with Crippen molar-refractivity contribution in [1.29, 1.82) is 0 Å². The molecule has 1 amide bonds. The van der Waals surface area contributed by atoms with Crippen LogP contribution in [0.4, 0.5) is 5.69 Å². The first-order chi connectivity index (χ1) is 8.70. The van der Waals surface area contributed by atoms with Gasteiger partial charge in [-0.25, -0.2) is 0 Å². The van der Waals surface area contributed by atoms with Gasteiger partial charge in [0.25, 0.3) is 0 Å². The Bertz CT molecular complexity index is 403. The van der Waals surface area contributed by atoms with Crippen molar-refractivity contribution >= 4 is 11.6 Å². The van der Waals surface area contributed by atoms with Crippen molar-refractivity contribution < 1.29 is 9.53 Å². The van der Waals surface area contributed by atoms with Gasteiger partial charge >= 0.3 is 0 Å². The molecule has 0 radical (unpaired) electrons. The minimum atomic E-state index is -0.0259. The molecule has 0 bridgehead atoms. The van der Waals surface area contributed by atoms with Gasteiger partial charge in [0.2, 0.25) is 5.91 Å². The van der Waals surface area contributed by atoms with Crippen LogP contribution in [0.3, 0.4) is 0 Å². The number of amides is 1. The lowest BCUT2D eigenvalue weighted by atomic mass is 10.0. The molecular formula is C14H20N2O2. The number of benzene rings is 1. The van der Waals surface area contributed by atoms with Gasteiger partial charge < -0.3 is 15.4 Å². The third-order valence-electron chi connectivity index (χ3n) is 3.32. The summed E-state index contributed by atoms with van der Waals surface area (Å²) < 4.78 is 5.41. The maximum absolute atomic E-state index is 12.0.